The summed E-state index contributed by atoms with van der Waals surface area (Å²) in [6.45, 7) is 4.75. The van der Waals surface area contributed by atoms with E-state index in [4.69, 9.17) is 0 Å². The summed E-state index contributed by atoms with van der Waals surface area (Å²) < 4.78 is 0. The number of hydrogen-bond donors (Lipinski definition) is 0. The molecule has 0 spiro atoms. The zero-order chi connectivity index (χ0) is 13.1. The maximum absolute atomic E-state index is 2.60. The molecule has 1 saturated carbocycles. The molecule has 3 rings (SSSR count). The number of likely N-dealkylation sites (N-methyl/N-ethyl adjacent to an activating group) is 1. The molecule has 1 heterocycles. The minimum absolute atomic E-state index is 0.810. The number of anilines is 1. The third-order valence-corrected chi connectivity index (χ3v) is 4.83. The van der Waals surface area contributed by atoms with Crippen molar-refractivity contribution >= 4 is 5.69 Å². The number of rotatable bonds is 2. The van der Waals surface area contributed by atoms with Gasteiger partial charge in [-0.25, -0.2) is 0 Å². The Hall–Kier alpha value is -1.02. The predicted molar refractivity (Wildman–Crippen MR) is 82.0 cm³/mol. The van der Waals surface area contributed by atoms with E-state index in [0.29, 0.717) is 0 Å². The quantitative estimate of drug-likeness (QED) is 0.801. The molecule has 0 aromatic heterocycles. The normalized spacial score (nSPS) is 22.7. The molecule has 2 nitrogen and oxygen atoms in total. The Morgan fingerprint density at radius 3 is 2.32 bits per heavy atom. The van der Waals surface area contributed by atoms with Crippen molar-refractivity contribution in [3.8, 4) is 0 Å². The van der Waals surface area contributed by atoms with Crippen LogP contribution in [0.15, 0.2) is 24.3 Å². The highest BCUT2D eigenvalue weighted by atomic mass is 15.2. The van der Waals surface area contributed by atoms with Gasteiger partial charge in [-0.15, -0.1) is 0 Å². The lowest BCUT2D eigenvalue weighted by molar-refractivity contribution is 0.312. The van der Waals surface area contributed by atoms with Gasteiger partial charge in [0.1, 0.15) is 0 Å². The zero-order valence-corrected chi connectivity index (χ0v) is 12.1. The number of hydrogen-bond acceptors (Lipinski definition) is 2. The summed E-state index contributed by atoms with van der Waals surface area (Å²) in [5.41, 5.74) is 3.13. The van der Waals surface area contributed by atoms with Crippen molar-refractivity contribution in [2.24, 2.45) is 0 Å². The topological polar surface area (TPSA) is 6.48 Å². The largest absolute Gasteiger partial charge is 0.369 e. The highest BCUT2D eigenvalue weighted by Crippen LogP contribution is 2.37. The summed E-state index contributed by atoms with van der Waals surface area (Å²) in [6, 6.07) is 9.16. The second-order valence-corrected chi connectivity index (χ2v) is 6.18. The van der Waals surface area contributed by atoms with E-state index in [1.807, 2.05) is 0 Å². The molecule has 1 saturated heterocycles. The number of piperazine rings is 1. The van der Waals surface area contributed by atoms with Crippen LogP contribution >= 0.6 is 0 Å². The third-order valence-electron chi connectivity index (χ3n) is 4.83. The lowest BCUT2D eigenvalue weighted by Gasteiger charge is -2.36. The van der Waals surface area contributed by atoms with E-state index in [2.05, 4.69) is 41.1 Å². The lowest BCUT2D eigenvalue weighted by Crippen LogP contribution is -2.44. The van der Waals surface area contributed by atoms with Crippen LogP contribution in [0.4, 0.5) is 5.69 Å². The maximum atomic E-state index is 2.60. The van der Waals surface area contributed by atoms with E-state index in [1.165, 1.54) is 64.0 Å². The second kappa shape index (κ2) is 5.96. The van der Waals surface area contributed by atoms with Crippen LogP contribution in [0.1, 0.15) is 43.6 Å². The average Bonchev–Trinajstić information content (AvgIpc) is 2.49. The first kappa shape index (κ1) is 13.0. The van der Waals surface area contributed by atoms with Crippen molar-refractivity contribution in [3.63, 3.8) is 0 Å². The van der Waals surface area contributed by atoms with Crippen LogP contribution in [-0.2, 0) is 0 Å². The van der Waals surface area contributed by atoms with Crippen molar-refractivity contribution in [2.45, 2.75) is 38.0 Å². The first-order chi connectivity index (χ1) is 9.34. The molecule has 0 bridgehead atoms. The summed E-state index contributed by atoms with van der Waals surface area (Å²) in [5, 5.41) is 0. The van der Waals surface area contributed by atoms with Crippen LogP contribution in [0.3, 0.4) is 0 Å². The van der Waals surface area contributed by atoms with Gasteiger partial charge in [0.25, 0.3) is 0 Å². The van der Waals surface area contributed by atoms with Crippen molar-refractivity contribution in [3.05, 3.63) is 29.8 Å². The van der Waals surface area contributed by atoms with Gasteiger partial charge in [0.2, 0.25) is 0 Å². The molecule has 19 heavy (non-hydrogen) atoms. The first-order valence-corrected chi connectivity index (χ1v) is 7.87. The lowest BCUT2D eigenvalue weighted by atomic mass is 9.83. The molecule has 1 aliphatic carbocycles. The standard InChI is InChI=1S/C17H26N2/c1-18-11-13-19(14-12-18)17-10-6-5-9-16(17)15-7-3-2-4-8-15/h5-6,9-10,15H,2-4,7-8,11-14H2,1H3. The van der Waals surface area contributed by atoms with Gasteiger partial charge in [-0.1, -0.05) is 37.5 Å². The fraction of sp³-hybridized carbons (Fsp3) is 0.647. The van der Waals surface area contributed by atoms with Crippen molar-refractivity contribution < 1.29 is 0 Å². The van der Waals surface area contributed by atoms with Gasteiger partial charge >= 0.3 is 0 Å². The van der Waals surface area contributed by atoms with Crippen molar-refractivity contribution in [2.75, 3.05) is 38.1 Å². The van der Waals surface area contributed by atoms with E-state index in [9.17, 15) is 0 Å². The van der Waals surface area contributed by atoms with Crippen LogP contribution in [0.2, 0.25) is 0 Å². The molecule has 0 N–H and O–H groups in total. The molecule has 1 aromatic rings. The minimum atomic E-state index is 0.810. The summed E-state index contributed by atoms with van der Waals surface area (Å²) in [5.74, 6) is 0.810. The van der Waals surface area contributed by atoms with Gasteiger partial charge in [-0.2, -0.15) is 0 Å². The van der Waals surface area contributed by atoms with Crippen LogP contribution < -0.4 is 4.90 Å². The Kier molecular flexibility index (Phi) is 4.07. The van der Waals surface area contributed by atoms with E-state index in [0.717, 1.165) is 5.92 Å². The van der Waals surface area contributed by atoms with Gasteiger partial charge in [-0.3, -0.25) is 0 Å². The Bertz CT molecular complexity index is 401. The van der Waals surface area contributed by atoms with Gasteiger partial charge in [0.05, 0.1) is 0 Å². The highest BCUT2D eigenvalue weighted by Gasteiger charge is 2.22. The first-order valence-electron chi connectivity index (χ1n) is 7.87. The summed E-state index contributed by atoms with van der Waals surface area (Å²) in [7, 11) is 2.23. The molecule has 0 unspecified atom stereocenters. The number of para-hydroxylation sites is 1. The number of benzene rings is 1. The Labute approximate surface area is 117 Å². The van der Waals surface area contributed by atoms with Gasteiger partial charge in [-0.05, 0) is 37.4 Å². The Morgan fingerprint density at radius 1 is 0.895 bits per heavy atom. The molecule has 104 valence electrons. The maximum Gasteiger partial charge on any atom is 0.0402 e. The minimum Gasteiger partial charge on any atom is -0.369 e. The average molecular weight is 258 g/mol. The van der Waals surface area contributed by atoms with Gasteiger partial charge in [0.15, 0.2) is 0 Å². The van der Waals surface area contributed by atoms with Crippen molar-refractivity contribution in [1.29, 1.82) is 0 Å². The monoisotopic (exact) mass is 258 g/mol. The molecule has 1 aliphatic heterocycles. The van der Waals surface area contributed by atoms with Gasteiger partial charge in [0, 0.05) is 31.9 Å². The molecular formula is C17H26N2. The number of nitrogens with zero attached hydrogens (tertiary/aromatic N) is 2. The van der Waals surface area contributed by atoms with E-state index < -0.39 is 0 Å². The molecule has 2 heteroatoms. The highest BCUT2D eigenvalue weighted by molar-refractivity contribution is 5.55. The Morgan fingerprint density at radius 2 is 1.58 bits per heavy atom. The summed E-state index contributed by atoms with van der Waals surface area (Å²) in [4.78, 5) is 5.03. The SMILES string of the molecule is CN1CCN(c2ccccc2C2CCCCC2)CC1. The second-order valence-electron chi connectivity index (χ2n) is 6.18. The molecular weight excluding hydrogens is 232 g/mol. The van der Waals surface area contributed by atoms with Crippen molar-refractivity contribution in [1.82, 2.24) is 4.90 Å². The van der Waals surface area contributed by atoms with Crippen LogP contribution in [0, 0.1) is 0 Å². The fourth-order valence-corrected chi connectivity index (χ4v) is 3.58. The van der Waals surface area contributed by atoms with Crippen LogP contribution in [0.25, 0.3) is 0 Å². The fourth-order valence-electron chi connectivity index (χ4n) is 3.58. The molecule has 1 aromatic carbocycles. The van der Waals surface area contributed by atoms with Gasteiger partial charge < -0.3 is 9.80 Å². The molecule has 0 amide bonds. The molecule has 2 fully saturated rings. The summed E-state index contributed by atoms with van der Waals surface area (Å²) >= 11 is 0. The summed E-state index contributed by atoms with van der Waals surface area (Å²) in [6.07, 6.45) is 7.06. The van der Waals surface area contributed by atoms with E-state index >= 15 is 0 Å². The van der Waals surface area contributed by atoms with Crippen LogP contribution in [0.5, 0.6) is 0 Å². The molecule has 0 radical (unpaired) electrons. The molecule has 0 atom stereocenters. The zero-order valence-electron chi connectivity index (χ0n) is 12.1. The van der Waals surface area contributed by atoms with E-state index in [1.54, 1.807) is 5.56 Å². The van der Waals surface area contributed by atoms with E-state index in [-0.39, 0.29) is 0 Å². The van der Waals surface area contributed by atoms with Crippen LogP contribution in [-0.4, -0.2) is 38.1 Å². The third kappa shape index (κ3) is 2.94. The predicted octanol–water partition coefficient (Wildman–Crippen LogP) is 3.49. The smallest absolute Gasteiger partial charge is 0.0402 e. The Balaban J connectivity index is 1.80. The molecule has 2 aliphatic rings.